The van der Waals surface area contributed by atoms with Gasteiger partial charge < -0.3 is 49.5 Å². The van der Waals surface area contributed by atoms with Gasteiger partial charge >= 0.3 is 5.97 Å². The van der Waals surface area contributed by atoms with Crippen LogP contribution in [0.1, 0.15) is 71.4 Å². The van der Waals surface area contributed by atoms with Crippen LogP contribution in [0.4, 0.5) is 5.69 Å². The number of aromatic amines is 1. The summed E-state index contributed by atoms with van der Waals surface area (Å²) in [4.78, 5) is 52.1. The standard InChI is InChI=1S/C48H56N4O13S/c1-48(2,3)39-28-43(42(53)29-41(39)51-47(58)38-30-49-40-7-5-4-6-37(40)45(38)56)65-27-25-63-23-21-61-20-22-62-24-26-64-35-12-8-32(9-13-35)33-16-18-52(19-17-33)66(59,60)36-14-10-34(11-15-36)46(57)50-31-44(54)55/h4-15,28-30,33,53H,16-27,31H2,1-3H3,(H,49,56)(H,50,57)(H,51,58)(H,54,55). The zero-order valence-corrected chi connectivity index (χ0v) is 38.0. The summed E-state index contributed by atoms with van der Waals surface area (Å²) in [5.74, 6) is -1.42. The van der Waals surface area contributed by atoms with Gasteiger partial charge in [0.05, 0.1) is 44.5 Å². The van der Waals surface area contributed by atoms with Crippen LogP contribution in [0.2, 0.25) is 0 Å². The number of pyridine rings is 1. The van der Waals surface area contributed by atoms with Gasteiger partial charge in [-0.2, -0.15) is 4.31 Å². The average molecular weight is 929 g/mol. The number of anilines is 1. The zero-order valence-electron chi connectivity index (χ0n) is 37.2. The van der Waals surface area contributed by atoms with Gasteiger partial charge in [0, 0.05) is 47.5 Å². The highest BCUT2D eigenvalue weighted by molar-refractivity contribution is 7.89. The van der Waals surface area contributed by atoms with Crippen molar-refractivity contribution in [2.45, 2.75) is 49.8 Å². The lowest BCUT2D eigenvalue weighted by molar-refractivity contribution is -0.135. The molecule has 0 atom stereocenters. The Hall–Kier alpha value is -6.31. The number of phenolic OH excluding ortho intramolecular Hbond substituents is 1. The molecule has 1 saturated heterocycles. The first-order chi connectivity index (χ1) is 31.6. The molecular formula is C48H56N4O13S. The number of carboxylic acids is 1. The van der Waals surface area contributed by atoms with E-state index in [2.05, 4.69) is 15.6 Å². The number of aromatic nitrogens is 1. The number of phenols is 1. The molecule has 6 rings (SSSR count). The Kier molecular flexibility index (Phi) is 16.9. The number of H-pyrrole nitrogens is 1. The van der Waals surface area contributed by atoms with Crippen LogP contribution in [-0.2, 0) is 34.4 Å². The summed E-state index contributed by atoms with van der Waals surface area (Å²) in [5, 5.41) is 25.0. The fourth-order valence-corrected chi connectivity index (χ4v) is 8.83. The van der Waals surface area contributed by atoms with Crippen LogP contribution < -0.4 is 25.5 Å². The van der Waals surface area contributed by atoms with Gasteiger partial charge in [-0.3, -0.25) is 19.2 Å². The fourth-order valence-electron chi connectivity index (χ4n) is 7.36. The molecule has 17 nitrogen and oxygen atoms in total. The number of ether oxygens (including phenoxy) is 5. The van der Waals surface area contributed by atoms with E-state index in [0.717, 1.165) is 5.56 Å². The number of aromatic hydroxyl groups is 1. The Labute approximate surface area is 383 Å². The molecule has 1 aliphatic rings. The normalized spacial score (nSPS) is 13.6. The molecule has 1 aliphatic heterocycles. The Morgan fingerprint density at radius 2 is 1.39 bits per heavy atom. The van der Waals surface area contributed by atoms with Crippen LogP contribution in [0.3, 0.4) is 0 Å². The van der Waals surface area contributed by atoms with E-state index < -0.39 is 45.2 Å². The second-order valence-corrected chi connectivity index (χ2v) is 18.5. The molecule has 0 aliphatic carbocycles. The highest BCUT2D eigenvalue weighted by Gasteiger charge is 2.30. The molecule has 352 valence electrons. The number of rotatable bonds is 22. The third kappa shape index (κ3) is 13.2. The van der Waals surface area contributed by atoms with E-state index >= 15 is 0 Å². The molecule has 1 fully saturated rings. The van der Waals surface area contributed by atoms with Crippen LogP contribution in [0.25, 0.3) is 10.9 Å². The van der Waals surface area contributed by atoms with Gasteiger partial charge in [-0.1, -0.05) is 45.0 Å². The molecule has 5 N–H and O–H groups in total. The summed E-state index contributed by atoms with van der Waals surface area (Å²) in [6, 6.07) is 23.3. The monoisotopic (exact) mass is 928 g/mol. The van der Waals surface area contributed by atoms with Gasteiger partial charge in [-0.05, 0) is 89.9 Å². The predicted octanol–water partition coefficient (Wildman–Crippen LogP) is 5.67. The number of carboxylic acid groups (broad SMARTS) is 1. The number of fused-ring (bicyclic) bond motifs is 1. The van der Waals surface area contributed by atoms with Crippen molar-refractivity contribution < 1.29 is 56.7 Å². The van der Waals surface area contributed by atoms with Crippen molar-refractivity contribution in [2.24, 2.45) is 0 Å². The van der Waals surface area contributed by atoms with Crippen LogP contribution in [0.15, 0.2) is 101 Å². The largest absolute Gasteiger partial charge is 0.504 e. The van der Waals surface area contributed by atoms with Gasteiger partial charge in [-0.25, -0.2) is 8.42 Å². The van der Waals surface area contributed by atoms with Crippen LogP contribution in [0, 0.1) is 0 Å². The second-order valence-electron chi connectivity index (χ2n) is 16.5. The van der Waals surface area contributed by atoms with E-state index in [4.69, 9.17) is 28.8 Å². The smallest absolute Gasteiger partial charge is 0.322 e. The number of nitrogens with one attached hydrogen (secondary N) is 3. The number of piperidine rings is 1. The summed E-state index contributed by atoms with van der Waals surface area (Å²) in [5.41, 5.74) is 2.08. The molecule has 2 amide bonds. The first kappa shape index (κ1) is 49.1. The van der Waals surface area contributed by atoms with Crippen molar-refractivity contribution >= 4 is 44.4 Å². The van der Waals surface area contributed by atoms with E-state index in [9.17, 15) is 32.7 Å². The van der Waals surface area contributed by atoms with Gasteiger partial charge in [-0.15, -0.1) is 0 Å². The van der Waals surface area contributed by atoms with E-state index in [1.165, 1.54) is 40.8 Å². The molecule has 5 aromatic rings. The van der Waals surface area contributed by atoms with Gasteiger partial charge in [0.2, 0.25) is 15.5 Å². The van der Waals surface area contributed by atoms with Gasteiger partial charge in [0.1, 0.15) is 31.1 Å². The van der Waals surface area contributed by atoms with Crippen LogP contribution in [0.5, 0.6) is 17.2 Å². The molecule has 0 bridgehead atoms. The van der Waals surface area contributed by atoms with E-state index in [1.54, 1.807) is 30.3 Å². The number of aliphatic carboxylic acids is 1. The summed E-state index contributed by atoms with van der Waals surface area (Å²) in [7, 11) is -3.76. The number of sulfonamides is 1. The van der Waals surface area contributed by atoms with E-state index in [-0.39, 0.29) is 46.7 Å². The molecule has 1 aromatic heterocycles. The minimum Gasteiger partial charge on any atom is -0.504 e. The first-order valence-electron chi connectivity index (χ1n) is 21.6. The number of hydrogen-bond acceptors (Lipinski definition) is 12. The van der Waals surface area contributed by atoms with Crippen molar-refractivity contribution in [3.8, 4) is 17.2 Å². The maximum Gasteiger partial charge on any atom is 0.322 e. The predicted molar refractivity (Wildman–Crippen MR) is 246 cm³/mol. The lowest BCUT2D eigenvalue weighted by atomic mass is 9.85. The number of carbonyl (C=O) groups excluding carboxylic acids is 2. The lowest BCUT2D eigenvalue weighted by Crippen LogP contribution is -2.37. The third-order valence-electron chi connectivity index (χ3n) is 10.9. The van der Waals surface area contributed by atoms with Crippen LogP contribution >= 0.6 is 0 Å². The fraction of sp³-hybridized carbons (Fsp3) is 0.375. The first-order valence-corrected chi connectivity index (χ1v) is 23.0. The summed E-state index contributed by atoms with van der Waals surface area (Å²) in [6.07, 6.45) is 2.68. The minimum absolute atomic E-state index is 0.0450. The number of hydrogen-bond donors (Lipinski definition) is 5. The number of carbonyl (C=O) groups is 3. The van der Waals surface area contributed by atoms with E-state index in [1.807, 2.05) is 45.0 Å². The van der Waals surface area contributed by atoms with Crippen molar-refractivity contribution in [3.63, 3.8) is 0 Å². The highest BCUT2D eigenvalue weighted by atomic mass is 32.2. The number of nitrogens with zero attached hydrogens (tertiary/aromatic N) is 1. The molecule has 66 heavy (non-hydrogen) atoms. The zero-order chi connectivity index (χ0) is 47.3. The molecule has 0 saturated carbocycles. The topological polar surface area (TPSA) is 232 Å². The Balaban J connectivity index is 0.817. The minimum atomic E-state index is -3.76. The van der Waals surface area contributed by atoms with Crippen molar-refractivity contribution in [1.82, 2.24) is 14.6 Å². The van der Waals surface area contributed by atoms with Crippen molar-refractivity contribution in [2.75, 3.05) is 77.8 Å². The summed E-state index contributed by atoms with van der Waals surface area (Å²) < 4.78 is 56.5. The lowest BCUT2D eigenvalue weighted by Gasteiger charge is -2.31. The molecular weight excluding hydrogens is 873 g/mol. The third-order valence-corrected chi connectivity index (χ3v) is 12.8. The van der Waals surface area contributed by atoms with Gasteiger partial charge in [0.25, 0.3) is 11.8 Å². The summed E-state index contributed by atoms with van der Waals surface area (Å²) in [6.45, 7) is 8.62. The highest BCUT2D eigenvalue weighted by Crippen LogP contribution is 2.39. The molecule has 0 spiro atoms. The maximum absolute atomic E-state index is 13.3. The van der Waals surface area contributed by atoms with Crippen molar-refractivity contribution in [1.29, 1.82) is 0 Å². The average Bonchev–Trinajstić information content (AvgIpc) is 3.30. The van der Waals surface area contributed by atoms with Crippen molar-refractivity contribution in [3.05, 3.63) is 124 Å². The Bertz CT molecular complexity index is 2620. The molecule has 2 heterocycles. The Morgan fingerprint density at radius 3 is 2.02 bits per heavy atom. The number of para-hydroxylation sites is 1. The number of amides is 2. The maximum atomic E-state index is 13.3. The molecule has 4 aromatic carbocycles. The van der Waals surface area contributed by atoms with Crippen LogP contribution in [-0.4, -0.2) is 118 Å². The molecule has 18 heteroatoms. The second kappa shape index (κ2) is 22.7. The Morgan fingerprint density at radius 1 is 0.788 bits per heavy atom. The summed E-state index contributed by atoms with van der Waals surface area (Å²) >= 11 is 0. The van der Waals surface area contributed by atoms with E-state index in [0.29, 0.717) is 93.5 Å². The SMILES string of the molecule is CC(C)(C)c1cc(OCCOCCOCCOCCOc2ccc(C3CCN(S(=O)(=O)c4ccc(C(=O)NCC(=O)O)cc4)CC3)cc2)c(O)cc1NC(=O)c1c[nH]c2ccccc2c1=O. The molecule has 0 radical (unpaired) electrons. The quantitative estimate of drug-likeness (QED) is 0.0527. The number of benzene rings is 4. The van der Waals surface area contributed by atoms with Gasteiger partial charge in [0.15, 0.2) is 11.5 Å². The molecule has 0 unspecified atom stereocenters.